The van der Waals surface area contributed by atoms with E-state index in [1.54, 1.807) is 0 Å². The predicted molar refractivity (Wildman–Crippen MR) is 97.8 cm³/mol. The zero-order valence-electron chi connectivity index (χ0n) is 13.7. The minimum Gasteiger partial charge on any atom is -0.355 e. The van der Waals surface area contributed by atoms with E-state index in [4.69, 9.17) is 0 Å². The van der Waals surface area contributed by atoms with Gasteiger partial charge >= 0.3 is 0 Å². The molecule has 0 aromatic heterocycles. The third-order valence-electron chi connectivity index (χ3n) is 3.33. The minimum absolute atomic E-state index is 0.00246. The van der Waals surface area contributed by atoms with Gasteiger partial charge in [0.1, 0.15) is 5.25 Å². The van der Waals surface area contributed by atoms with Crippen LogP contribution in [-0.4, -0.2) is 24.9 Å². The fourth-order valence-electron chi connectivity index (χ4n) is 2.12. The van der Waals surface area contributed by atoms with Gasteiger partial charge in [-0.15, -0.1) is 11.8 Å². The van der Waals surface area contributed by atoms with Crippen LogP contribution in [0.3, 0.4) is 0 Å². The smallest absolute Gasteiger partial charge is 0.239 e. The van der Waals surface area contributed by atoms with E-state index in [1.165, 1.54) is 11.8 Å². The maximum absolute atomic E-state index is 12.6. The normalized spacial score (nSPS) is 11.5. The number of amides is 2. The second-order valence-electron chi connectivity index (χ2n) is 5.29. The van der Waals surface area contributed by atoms with Crippen molar-refractivity contribution in [3.63, 3.8) is 0 Å². The summed E-state index contributed by atoms with van der Waals surface area (Å²) in [7, 11) is 0. The van der Waals surface area contributed by atoms with Crippen molar-refractivity contribution in [1.82, 2.24) is 10.6 Å². The molecule has 0 aliphatic heterocycles. The summed E-state index contributed by atoms with van der Waals surface area (Å²) in [5.41, 5.74) is 0.915. The molecule has 0 aliphatic rings. The van der Waals surface area contributed by atoms with Gasteiger partial charge < -0.3 is 10.6 Å². The molecule has 0 heterocycles. The molecule has 0 radical (unpaired) electrons. The highest BCUT2D eigenvalue weighted by molar-refractivity contribution is 8.00. The lowest BCUT2D eigenvalue weighted by atomic mass is 10.1. The molecule has 1 unspecified atom stereocenters. The maximum Gasteiger partial charge on any atom is 0.239 e. The van der Waals surface area contributed by atoms with Crippen LogP contribution < -0.4 is 10.6 Å². The van der Waals surface area contributed by atoms with E-state index in [2.05, 4.69) is 10.6 Å². The van der Waals surface area contributed by atoms with Gasteiger partial charge in [0, 0.05) is 11.4 Å². The summed E-state index contributed by atoms with van der Waals surface area (Å²) in [6.45, 7) is 2.61. The van der Waals surface area contributed by atoms with E-state index in [0.717, 1.165) is 16.9 Å². The van der Waals surface area contributed by atoms with Gasteiger partial charge in [0.2, 0.25) is 11.8 Å². The van der Waals surface area contributed by atoms with Crippen LogP contribution in [0.25, 0.3) is 0 Å². The number of thioether (sulfide) groups is 1. The second-order valence-corrected chi connectivity index (χ2v) is 6.47. The fraction of sp³-hybridized carbons (Fsp3) is 0.263. The van der Waals surface area contributed by atoms with E-state index in [1.807, 2.05) is 67.6 Å². The molecule has 0 saturated heterocycles. The van der Waals surface area contributed by atoms with Gasteiger partial charge in [-0.05, 0) is 24.1 Å². The van der Waals surface area contributed by atoms with Crippen molar-refractivity contribution >= 4 is 23.6 Å². The Kier molecular flexibility index (Phi) is 7.36. The number of benzene rings is 2. The maximum atomic E-state index is 12.6. The highest BCUT2D eigenvalue weighted by Gasteiger charge is 2.22. The number of hydrogen-bond donors (Lipinski definition) is 2. The minimum atomic E-state index is -0.396. The van der Waals surface area contributed by atoms with E-state index >= 15 is 0 Å². The Labute approximate surface area is 147 Å². The van der Waals surface area contributed by atoms with Gasteiger partial charge in [0.05, 0.1) is 6.54 Å². The monoisotopic (exact) mass is 342 g/mol. The average Bonchev–Trinajstić information content (AvgIpc) is 2.64. The Morgan fingerprint density at radius 1 is 0.958 bits per heavy atom. The lowest BCUT2D eigenvalue weighted by molar-refractivity contribution is -0.125. The van der Waals surface area contributed by atoms with Crippen molar-refractivity contribution in [1.29, 1.82) is 0 Å². The van der Waals surface area contributed by atoms with Crippen LogP contribution in [0.15, 0.2) is 65.6 Å². The Bertz CT molecular complexity index is 647. The first-order chi connectivity index (χ1) is 11.7. The standard InChI is InChI=1S/C19H22N2O2S/c1-2-13-20-17(22)14-21-19(23)18(15-9-5-3-6-10-15)24-16-11-7-4-8-12-16/h3-12,18H,2,13-14H2,1H3,(H,20,22)(H,21,23). The highest BCUT2D eigenvalue weighted by Crippen LogP contribution is 2.35. The lowest BCUT2D eigenvalue weighted by Crippen LogP contribution is -2.38. The highest BCUT2D eigenvalue weighted by atomic mass is 32.2. The van der Waals surface area contributed by atoms with Crippen LogP contribution in [0.1, 0.15) is 24.2 Å². The summed E-state index contributed by atoms with van der Waals surface area (Å²) in [4.78, 5) is 25.3. The van der Waals surface area contributed by atoms with Crippen molar-refractivity contribution in [3.05, 3.63) is 66.2 Å². The molecular weight excluding hydrogens is 320 g/mol. The van der Waals surface area contributed by atoms with Crippen molar-refractivity contribution in [2.75, 3.05) is 13.1 Å². The molecule has 0 fully saturated rings. The molecule has 0 bridgehead atoms. The quantitative estimate of drug-likeness (QED) is 0.725. The van der Waals surface area contributed by atoms with E-state index in [0.29, 0.717) is 6.54 Å². The molecular formula is C19H22N2O2S. The first-order valence-electron chi connectivity index (χ1n) is 8.01. The van der Waals surface area contributed by atoms with E-state index in [-0.39, 0.29) is 18.4 Å². The molecule has 5 heteroatoms. The molecule has 4 nitrogen and oxygen atoms in total. The molecule has 2 rings (SSSR count). The molecule has 24 heavy (non-hydrogen) atoms. The van der Waals surface area contributed by atoms with Gasteiger partial charge in [-0.1, -0.05) is 55.5 Å². The van der Waals surface area contributed by atoms with Gasteiger partial charge in [-0.2, -0.15) is 0 Å². The van der Waals surface area contributed by atoms with Crippen molar-refractivity contribution in [2.45, 2.75) is 23.5 Å². The first kappa shape index (κ1) is 18.1. The number of carbonyl (C=O) groups is 2. The zero-order valence-corrected chi connectivity index (χ0v) is 14.5. The Morgan fingerprint density at radius 3 is 2.21 bits per heavy atom. The zero-order chi connectivity index (χ0) is 17.2. The Morgan fingerprint density at radius 2 is 1.58 bits per heavy atom. The topological polar surface area (TPSA) is 58.2 Å². The van der Waals surface area contributed by atoms with E-state index < -0.39 is 5.25 Å². The molecule has 0 spiro atoms. The van der Waals surface area contributed by atoms with Crippen molar-refractivity contribution in [3.8, 4) is 0 Å². The molecule has 2 N–H and O–H groups in total. The molecule has 1 atom stereocenters. The van der Waals surface area contributed by atoms with Crippen LogP contribution in [0.2, 0.25) is 0 Å². The van der Waals surface area contributed by atoms with Crippen molar-refractivity contribution in [2.24, 2.45) is 0 Å². The first-order valence-corrected chi connectivity index (χ1v) is 8.89. The van der Waals surface area contributed by atoms with E-state index in [9.17, 15) is 9.59 Å². The molecule has 2 aromatic carbocycles. The summed E-state index contributed by atoms with van der Waals surface area (Å²) in [5.74, 6) is -0.330. The second kappa shape index (κ2) is 9.78. The van der Waals surface area contributed by atoms with Crippen LogP contribution in [0.5, 0.6) is 0 Å². The largest absolute Gasteiger partial charge is 0.355 e. The average molecular weight is 342 g/mol. The summed E-state index contributed by atoms with van der Waals surface area (Å²) >= 11 is 1.48. The molecule has 126 valence electrons. The van der Waals surface area contributed by atoms with Crippen molar-refractivity contribution < 1.29 is 9.59 Å². The predicted octanol–water partition coefficient (Wildman–Crippen LogP) is 3.16. The number of nitrogens with one attached hydrogen (secondary N) is 2. The third-order valence-corrected chi connectivity index (χ3v) is 4.60. The third kappa shape index (κ3) is 5.74. The SMILES string of the molecule is CCCNC(=O)CNC(=O)C(Sc1ccccc1)c1ccccc1. The Balaban J connectivity index is 2.05. The number of rotatable bonds is 8. The summed E-state index contributed by atoms with van der Waals surface area (Å²) in [6, 6.07) is 19.4. The van der Waals surface area contributed by atoms with Gasteiger partial charge in [0.25, 0.3) is 0 Å². The van der Waals surface area contributed by atoms with Crippen LogP contribution in [-0.2, 0) is 9.59 Å². The van der Waals surface area contributed by atoms with Crippen LogP contribution in [0, 0.1) is 0 Å². The summed E-state index contributed by atoms with van der Waals surface area (Å²) in [5, 5.41) is 5.10. The lowest BCUT2D eigenvalue weighted by Gasteiger charge is -2.17. The summed E-state index contributed by atoms with van der Waals surface area (Å²) in [6.07, 6.45) is 0.871. The number of carbonyl (C=O) groups excluding carboxylic acids is 2. The van der Waals surface area contributed by atoms with Crippen LogP contribution >= 0.6 is 11.8 Å². The number of hydrogen-bond acceptors (Lipinski definition) is 3. The molecule has 0 aliphatic carbocycles. The fourth-order valence-corrected chi connectivity index (χ4v) is 3.19. The summed E-state index contributed by atoms with van der Waals surface area (Å²) < 4.78 is 0. The van der Waals surface area contributed by atoms with Gasteiger partial charge in [0.15, 0.2) is 0 Å². The molecule has 2 amide bonds. The molecule has 2 aromatic rings. The van der Waals surface area contributed by atoms with Crippen LogP contribution in [0.4, 0.5) is 0 Å². The molecule has 0 saturated carbocycles. The van der Waals surface area contributed by atoms with Gasteiger partial charge in [-0.25, -0.2) is 0 Å². The Hall–Kier alpha value is -2.27. The van der Waals surface area contributed by atoms with Gasteiger partial charge in [-0.3, -0.25) is 9.59 Å².